The maximum atomic E-state index is 11.3. The van der Waals surface area contributed by atoms with Gasteiger partial charge in [0.05, 0.1) is 12.1 Å². The van der Waals surface area contributed by atoms with Crippen LogP contribution in [0.15, 0.2) is 6.07 Å². The first-order chi connectivity index (χ1) is 8.26. The monoisotopic (exact) mass is 252 g/mol. The molecule has 18 heavy (non-hydrogen) atoms. The zero-order chi connectivity index (χ0) is 13.9. The summed E-state index contributed by atoms with van der Waals surface area (Å²) in [6.07, 6.45) is 0. The minimum absolute atomic E-state index is 0.213. The summed E-state index contributed by atoms with van der Waals surface area (Å²) in [6.45, 7) is 7.93. The van der Waals surface area contributed by atoms with Gasteiger partial charge in [0.1, 0.15) is 11.4 Å². The molecule has 0 saturated heterocycles. The zero-order valence-corrected chi connectivity index (χ0v) is 11.5. The number of aromatic nitrogens is 1. The summed E-state index contributed by atoms with van der Waals surface area (Å²) in [5, 5.41) is 12.4. The van der Waals surface area contributed by atoms with Gasteiger partial charge in [-0.1, -0.05) is 0 Å². The normalized spacial score (nSPS) is 11.4. The predicted octanol–water partition coefficient (Wildman–Crippen LogP) is 2.23. The standard InChI is InChI=1S/C13H20N2O3/c1-8-6-9(2)14-11(10(8)12(16)17)15-13(3,4)7-18-5/h6H,7H2,1-5H3,(H,14,15)(H,16,17). The Bertz CT molecular complexity index is 456. The van der Waals surface area contributed by atoms with E-state index in [0.717, 1.165) is 5.69 Å². The van der Waals surface area contributed by atoms with E-state index in [9.17, 15) is 9.90 Å². The molecule has 0 atom stereocenters. The van der Waals surface area contributed by atoms with Crippen molar-refractivity contribution < 1.29 is 14.6 Å². The zero-order valence-electron chi connectivity index (χ0n) is 11.5. The molecule has 0 bridgehead atoms. The topological polar surface area (TPSA) is 71.5 Å². The number of aromatic carboxylic acids is 1. The molecule has 2 N–H and O–H groups in total. The van der Waals surface area contributed by atoms with Crippen LogP contribution in [0.4, 0.5) is 5.82 Å². The SMILES string of the molecule is COCC(C)(C)Nc1nc(C)cc(C)c1C(=O)O. The Morgan fingerprint density at radius 2 is 2.11 bits per heavy atom. The van der Waals surface area contributed by atoms with Crippen LogP contribution in [0.3, 0.4) is 0 Å². The lowest BCUT2D eigenvalue weighted by atomic mass is 10.0. The smallest absolute Gasteiger partial charge is 0.339 e. The van der Waals surface area contributed by atoms with Crippen LogP contribution in [-0.2, 0) is 4.74 Å². The molecule has 100 valence electrons. The number of hydrogen-bond acceptors (Lipinski definition) is 4. The highest BCUT2D eigenvalue weighted by molar-refractivity contribution is 5.95. The van der Waals surface area contributed by atoms with Gasteiger partial charge in [-0.2, -0.15) is 0 Å². The number of rotatable bonds is 5. The molecule has 5 heteroatoms. The first kappa shape index (κ1) is 14.4. The van der Waals surface area contributed by atoms with Gasteiger partial charge in [0.25, 0.3) is 0 Å². The molecule has 0 fully saturated rings. The van der Waals surface area contributed by atoms with Gasteiger partial charge < -0.3 is 15.2 Å². The van der Waals surface area contributed by atoms with Crippen molar-refractivity contribution in [3.8, 4) is 0 Å². The van der Waals surface area contributed by atoms with Crippen molar-refractivity contribution in [1.82, 2.24) is 4.98 Å². The van der Waals surface area contributed by atoms with E-state index in [0.29, 0.717) is 18.0 Å². The third kappa shape index (κ3) is 3.43. The number of nitrogens with zero attached hydrogens (tertiary/aromatic N) is 1. The highest BCUT2D eigenvalue weighted by atomic mass is 16.5. The number of carboxylic acids is 1. The largest absolute Gasteiger partial charge is 0.478 e. The fourth-order valence-corrected chi connectivity index (χ4v) is 1.91. The Kier molecular flexibility index (Phi) is 4.29. The van der Waals surface area contributed by atoms with Gasteiger partial charge in [-0.25, -0.2) is 9.78 Å². The maximum Gasteiger partial charge on any atom is 0.339 e. The molecule has 0 spiro atoms. The summed E-state index contributed by atoms with van der Waals surface area (Å²) in [6, 6.07) is 1.76. The van der Waals surface area contributed by atoms with Crippen molar-refractivity contribution in [2.45, 2.75) is 33.2 Å². The number of carbonyl (C=O) groups is 1. The van der Waals surface area contributed by atoms with Crippen LogP contribution in [0.5, 0.6) is 0 Å². The Morgan fingerprint density at radius 3 is 2.61 bits per heavy atom. The van der Waals surface area contributed by atoms with E-state index in [1.54, 1.807) is 20.1 Å². The Balaban J connectivity index is 3.19. The number of anilines is 1. The van der Waals surface area contributed by atoms with Crippen molar-refractivity contribution in [2.24, 2.45) is 0 Å². The molecule has 0 saturated carbocycles. The van der Waals surface area contributed by atoms with Gasteiger partial charge in [0.2, 0.25) is 0 Å². The minimum atomic E-state index is -0.976. The number of carboxylic acid groups (broad SMARTS) is 1. The summed E-state index contributed by atoms with van der Waals surface area (Å²) >= 11 is 0. The van der Waals surface area contributed by atoms with Crippen molar-refractivity contribution in [3.05, 3.63) is 22.9 Å². The van der Waals surface area contributed by atoms with Crippen molar-refractivity contribution in [1.29, 1.82) is 0 Å². The summed E-state index contributed by atoms with van der Waals surface area (Å²) in [5.41, 5.74) is 1.32. The van der Waals surface area contributed by atoms with Crippen LogP contribution in [0.25, 0.3) is 0 Å². The second-order valence-corrected chi connectivity index (χ2v) is 5.05. The van der Waals surface area contributed by atoms with Gasteiger partial charge >= 0.3 is 5.97 Å². The number of hydrogen-bond donors (Lipinski definition) is 2. The molecule has 5 nitrogen and oxygen atoms in total. The lowest BCUT2D eigenvalue weighted by Gasteiger charge is -2.27. The van der Waals surface area contributed by atoms with E-state index in [1.165, 1.54) is 0 Å². The molecule has 1 aromatic heterocycles. The molecule has 1 aromatic rings. The third-order valence-corrected chi connectivity index (χ3v) is 2.52. The molecular formula is C13H20N2O3. The van der Waals surface area contributed by atoms with Crippen LogP contribution >= 0.6 is 0 Å². The molecule has 0 aromatic carbocycles. The van der Waals surface area contributed by atoms with Crippen molar-refractivity contribution >= 4 is 11.8 Å². The van der Waals surface area contributed by atoms with E-state index >= 15 is 0 Å². The van der Waals surface area contributed by atoms with Gasteiger partial charge in [-0.3, -0.25) is 0 Å². The van der Waals surface area contributed by atoms with E-state index in [-0.39, 0.29) is 11.1 Å². The van der Waals surface area contributed by atoms with Gasteiger partial charge in [0.15, 0.2) is 0 Å². The van der Waals surface area contributed by atoms with E-state index in [4.69, 9.17) is 4.74 Å². The quantitative estimate of drug-likeness (QED) is 0.840. The van der Waals surface area contributed by atoms with Crippen LogP contribution in [0.1, 0.15) is 35.5 Å². The van der Waals surface area contributed by atoms with Crippen LogP contribution in [0, 0.1) is 13.8 Å². The molecule has 1 rings (SSSR count). The number of aryl methyl sites for hydroxylation is 2. The molecule has 0 aliphatic heterocycles. The number of methoxy groups -OCH3 is 1. The average molecular weight is 252 g/mol. The molecule has 0 aliphatic rings. The summed E-state index contributed by atoms with van der Waals surface area (Å²) < 4.78 is 5.10. The van der Waals surface area contributed by atoms with Gasteiger partial charge in [-0.05, 0) is 39.3 Å². The van der Waals surface area contributed by atoms with Crippen LogP contribution in [-0.4, -0.2) is 35.3 Å². The average Bonchev–Trinajstić information content (AvgIpc) is 2.13. The minimum Gasteiger partial charge on any atom is -0.478 e. The van der Waals surface area contributed by atoms with Crippen molar-refractivity contribution in [3.63, 3.8) is 0 Å². The number of ether oxygens (including phenoxy) is 1. The molecular weight excluding hydrogens is 232 g/mol. The lowest BCUT2D eigenvalue weighted by Crippen LogP contribution is -2.37. The summed E-state index contributed by atoms with van der Waals surface area (Å²) in [7, 11) is 1.61. The highest BCUT2D eigenvalue weighted by Crippen LogP contribution is 2.22. The lowest BCUT2D eigenvalue weighted by molar-refractivity contribution is 0.0696. The van der Waals surface area contributed by atoms with Crippen LogP contribution in [0.2, 0.25) is 0 Å². The van der Waals surface area contributed by atoms with Gasteiger partial charge in [-0.15, -0.1) is 0 Å². The van der Waals surface area contributed by atoms with Crippen molar-refractivity contribution in [2.75, 3.05) is 19.0 Å². The third-order valence-electron chi connectivity index (χ3n) is 2.52. The van der Waals surface area contributed by atoms with E-state index in [1.807, 2.05) is 20.8 Å². The van der Waals surface area contributed by atoms with Crippen LogP contribution < -0.4 is 5.32 Å². The molecule has 1 heterocycles. The van der Waals surface area contributed by atoms with Gasteiger partial charge in [0, 0.05) is 12.8 Å². The fourth-order valence-electron chi connectivity index (χ4n) is 1.91. The molecule has 0 radical (unpaired) electrons. The van der Waals surface area contributed by atoms with E-state index < -0.39 is 5.97 Å². The second kappa shape index (κ2) is 5.35. The Hall–Kier alpha value is -1.62. The predicted molar refractivity (Wildman–Crippen MR) is 70.2 cm³/mol. The van der Waals surface area contributed by atoms with E-state index in [2.05, 4.69) is 10.3 Å². The Morgan fingerprint density at radius 1 is 1.50 bits per heavy atom. The summed E-state index contributed by atoms with van der Waals surface area (Å²) in [5.74, 6) is -0.585. The highest BCUT2D eigenvalue weighted by Gasteiger charge is 2.23. The molecule has 0 amide bonds. The Labute approximate surface area is 107 Å². The maximum absolute atomic E-state index is 11.3. The molecule has 0 aliphatic carbocycles. The second-order valence-electron chi connectivity index (χ2n) is 5.05. The summed E-state index contributed by atoms with van der Waals surface area (Å²) in [4.78, 5) is 15.6. The fraction of sp³-hybridized carbons (Fsp3) is 0.538. The first-order valence-corrected chi connectivity index (χ1v) is 5.75. The molecule has 0 unspecified atom stereocenters. The number of pyridine rings is 1. The first-order valence-electron chi connectivity index (χ1n) is 5.75. The number of nitrogens with one attached hydrogen (secondary N) is 1.